The van der Waals surface area contributed by atoms with Gasteiger partial charge in [-0.15, -0.1) is 0 Å². The van der Waals surface area contributed by atoms with Crippen LogP contribution in [0.1, 0.15) is 44.6 Å². The lowest BCUT2D eigenvalue weighted by molar-refractivity contribution is 0.306. The Balaban J connectivity index is 0.000000414. The summed E-state index contributed by atoms with van der Waals surface area (Å²) in [6.45, 7) is 9.55. The second-order valence-electron chi connectivity index (χ2n) is 6.67. The van der Waals surface area contributed by atoms with E-state index in [2.05, 4.69) is 11.9 Å². The SMILES string of the molecule is C/C=C(\C=C/c1ccc(/C(C)=C/N=C(C)C)c(=O)o1)OC.COc1ccc(C)cc1. The topological polar surface area (TPSA) is 61.0 Å². The molecule has 1 aromatic heterocycles. The van der Waals surface area contributed by atoms with Crippen LogP contribution in [-0.2, 0) is 4.74 Å². The highest BCUT2D eigenvalue weighted by atomic mass is 16.5. The molecule has 0 amide bonds. The highest BCUT2D eigenvalue weighted by molar-refractivity contribution is 5.80. The highest BCUT2D eigenvalue weighted by Crippen LogP contribution is 2.12. The molecule has 0 bridgehead atoms. The molecule has 5 heteroatoms. The Morgan fingerprint density at radius 2 is 1.70 bits per heavy atom. The van der Waals surface area contributed by atoms with Gasteiger partial charge in [-0.05, 0) is 82.7 Å². The van der Waals surface area contributed by atoms with Gasteiger partial charge in [0.2, 0.25) is 0 Å². The number of aliphatic imine (C=N–C) groups is 1. The smallest absolute Gasteiger partial charge is 0.343 e. The van der Waals surface area contributed by atoms with Crippen LogP contribution in [0.2, 0.25) is 0 Å². The molecule has 0 unspecified atom stereocenters. The summed E-state index contributed by atoms with van der Waals surface area (Å²) in [7, 11) is 3.26. The molecular formula is C25H31NO4. The van der Waals surface area contributed by atoms with Crippen molar-refractivity contribution in [2.75, 3.05) is 14.2 Å². The number of benzene rings is 1. The summed E-state index contributed by atoms with van der Waals surface area (Å²) in [4.78, 5) is 16.2. The number of hydrogen-bond donors (Lipinski definition) is 0. The third kappa shape index (κ3) is 8.78. The lowest BCUT2D eigenvalue weighted by Gasteiger charge is -2.00. The van der Waals surface area contributed by atoms with Crippen LogP contribution in [0.15, 0.2) is 74.7 Å². The average molecular weight is 410 g/mol. The first-order valence-electron chi connectivity index (χ1n) is 9.62. The van der Waals surface area contributed by atoms with Crippen LogP contribution in [0.5, 0.6) is 5.75 Å². The molecule has 2 rings (SSSR count). The summed E-state index contributed by atoms with van der Waals surface area (Å²) >= 11 is 0. The summed E-state index contributed by atoms with van der Waals surface area (Å²) < 4.78 is 15.3. The molecule has 0 saturated heterocycles. The average Bonchev–Trinajstić information content (AvgIpc) is 2.74. The molecule has 1 aromatic carbocycles. The fourth-order valence-corrected chi connectivity index (χ4v) is 2.23. The molecule has 0 aliphatic rings. The zero-order valence-corrected chi connectivity index (χ0v) is 18.9. The minimum atomic E-state index is -0.380. The third-order valence-electron chi connectivity index (χ3n) is 3.97. The molecule has 0 aliphatic heterocycles. The van der Waals surface area contributed by atoms with E-state index >= 15 is 0 Å². The number of hydrogen-bond acceptors (Lipinski definition) is 5. The summed E-state index contributed by atoms with van der Waals surface area (Å²) in [5.74, 6) is 2.09. The minimum Gasteiger partial charge on any atom is -0.497 e. The van der Waals surface area contributed by atoms with Gasteiger partial charge in [0.15, 0.2) is 0 Å². The Hall–Kier alpha value is -3.34. The van der Waals surface area contributed by atoms with Gasteiger partial charge in [0.25, 0.3) is 0 Å². The maximum absolute atomic E-state index is 12.0. The van der Waals surface area contributed by atoms with Crippen molar-refractivity contribution >= 4 is 17.4 Å². The van der Waals surface area contributed by atoms with Crippen LogP contribution in [0.4, 0.5) is 0 Å². The molecule has 0 atom stereocenters. The largest absolute Gasteiger partial charge is 0.497 e. The van der Waals surface area contributed by atoms with Gasteiger partial charge in [0, 0.05) is 11.9 Å². The van der Waals surface area contributed by atoms with Crippen molar-refractivity contribution in [2.45, 2.75) is 34.6 Å². The van der Waals surface area contributed by atoms with Crippen LogP contribution < -0.4 is 10.4 Å². The van der Waals surface area contributed by atoms with Gasteiger partial charge in [-0.25, -0.2) is 4.79 Å². The number of rotatable bonds is 6. The van der Waals surface area contributed by atoms with Gasteiger partial charge in [0.05, 0.1) is 19.8 Å². The Bertz CT molecular complexity index is 973. The van der Waals surface area contributed by atoms with Crippen molar-refractivity contribution in [3.8, 4) is 5.75 Å². The number of ether oxygens (including phenoxy) is 2. The van der Waals surface area contributed by atoms with Gasteiger partial charge in [-0.2, -0.15) is 0 Å². The lowest BCUT2D eigenvalue weighted by atomic mass is 10.1. The quantitative estimate of drug-likeness (QED) is 0.331. The molecule has 2 aromatic rings. The predicted molar refractivity (Wildman–Crippen MR) is 125 cm³/mol. The summed E-state index contributed by atoms with van der Waals surface area (Å²) in [6, 6.07) is 11.4. The zero-order valence-electron chi connectivity index (χ0n) is 18.9. The molecular weight excluding hydrogens is 378 g/mol. The molecule has 0 radical (unpaired) electrons. The maximum atomic E-state index is 12.0. The second kappa shape index (κ2) is 13.0. The monoisotopic (exact) mass is 409 g/mol. The van der Waals surface area contributed by atoms with E-state index < -0.39 is 0 Å². The maximum Gasteiger partial charge on any atom is 0.343 e. The van der Waals surface area contributed by atoms with E-state index in [9.17, 15) is 4.79 Å². The summed E-state index contributed by atoms with van der Waals surface area (Å²) in [5.41, 5.74) is 3.09. The Morgan fingerprint density at radius 3 is 2.20 bits per heavy atom. The van der Waals surface area contributed by atoms with Gasteiger partial charge in [-0.1, -0.05) is 17.7 Å². The molecule has 0 spiro atoms. The first kappa shape index (κ1) is 24.7. The number of aryl methyl sites for hydroxylation is 1. The fraction of sp³-hybridized carbons (Fsp3) is 0.280. The van der Waals surface area contributed by atoms with Crippen LogP contribution in [0, 0.1) is 6.92 Å². The van der Waals surface area contributed by atoms with Crippen LogP contribution >= 0.6 is 0 Å². The zero-order chi connectivity index (χ0) is 22.5. The number of allylic oxidation sites excluding steroid dienone is 3. The summed E-state index contributed by atoms with van der Waals surface area (Å²) in [5, 5.41) is 0. The van der Waals surface area contributed by atoms with Crippen LogP contribution in [0.25, 0.3) is 11.6 Å². The lowest BCUT2D eigenvalue weighted by Crippen LogP contribution is -2.05. The summed E-state index contributed by atoms with van der Waals surface area (Å²) in [6.07, 6.45) is 6.92. The van der Waals surface area contributed by atoms with Gasteiger partial charge >= 0.3 is 5.63 Å². The van der Waals surface area contributed by atoms with Crippen molar-refractivity contribution < 1.29 is 13.9 Å². The number of methoxy groups -OCH3 is 2. The molecule has 0 saturated carbocycles. The third-order valence-corrected chi connectivity index (χ3v) is 3.97. The standard InChI is InChI=1S/C17H21NO3.C8H10O/c1-6-14(20-5)7-8-15-9-10-16(17(19)21-15)13(4)11-18-12(2)3;1-7-3-5-8(9-2)6-4-7/h6-11H,1-5H3;3-6H,1-2H3/b8-7-,13-11+,14-6+;. The molecule has 1 heterocycles. The molecule has 160 valence electrons. The predicted octanol–water partition coefficient (Wildman–Crippen LogP) is 6.05. The van der Waals surface area contributed by atoms with Gasteiger partial charge in [0.1, 0.15) is 17.3 Å². The molecule has 0 fully saturated rings. The van der Waals surface area contributed by atoms with E-state index in [0.29, 0.717) is 17.1 Å². The number of nitrogens with zero attached hydrogens (tertiary/aromatic N) is 1. The van der Waals surface area contributed by atoms with E-state index in [0.717, 1.165) is 17.0 Å². The molecule has 0 N–H and O–H groups in total. The van der Waals surface area contributed by atoms with Gasteiger partial charge in [-0.3, -0.25) is 4.99 Å². The van der Waals surface area contributed by atoms with Gasteiger partial charge < -0.3 is 13.9 Å². The van der Waals surface area contributed by atoms with E-state index in [4.69, 9.17) is 13.9 Å². The van der Waals surface area contributed by atoms with E-state index in [1.165, 1.54) is 5.56 Å². The first-order valence-corrected chi connectivity index (χ1v) is 9.62. The van der Waals surface area contributed by atoms with E-state index in [1.54, 1.807) is 44.7 Å². The van der Waals surface area contributed by atoms with E-state index in [1.807, 2.05) is 58.0 Å². The van der Waals surface area contributed by atoms with Crippen molar-refractivity contribution in [2.24, 2.45) is 4.99 Å². The van der Waals surface area contributed by atoms with E-state index in [-0.39, 0.29) is 5.63 Å². The van der Waals surface area contributed by atoms with Crippen LogP contribution in [-0.4, -0.2) is 19.9 Å². The first-order chi connectivity index (χ1) is 14.3. The highest BCUT2D eigenvalue weighted by Gasteiger charge is 2.04. The van der Waals surface area contributed by atoms with Crippen molar-refractivity contribution in [3.63, 3.8) is 0 Å². The Labute approximate surface area is 179 Å². The van der Waals surface area contributed by atoms with Crippen molar-refractivity contribution in [1.82, 2.24) is 0 Å². The fourth-order valence-electron chi connectivity index (χ4n) is 2.23. The Morgan fingerprint density at radius 1 is 1.03 bits per heavy atom. The molecule has 0 aliphatic carbocycles. The van der Waals surface area contributed by atoms with Crippen LogP contribution in [0.3, 0.4) is 0 Å². The molecule has 30 heavy (non-hydrogen) atoms. The second-order valence-corrected chi connectivity index (χ2v) is 6.67. The minimum absolute atomic E-state index is 0.380. The Kier molecular flexibility index (Phi) is 10.7. The normalized spacial score (nSPS) is 11.6. The molecule has 5 nitrogen and oxygen atoms in total. The van der Waals surface area contributed by atoms with Crippen molar-refractivity contribution in [3.05, 3.63) is 87.8 Å². The van der Waals surface area contributed by atoms with Crippen molar-refractivity contribution in [1.29, 1.82) is 0 Å².